The molecule has 1 aliphatic rings. The van der Waals surface area contributed by atoms with Crippen molar-refractivity contribution >= 4 is 5.97 Å². The summed E-state index contributed by atoms with van der Waals surface area (Å²) in [4.78, 5) is 18.6. The van der Waals surface area contributed by atoms with Crippen LogP contribution in [0.25, 0.3) is 11.5 Å². The van der Waals surface area contributed by atoms with E-state index in [1.54, 1.807) is 0 Å². The van der Waals surface area contributed by atoms with Crippen molar-refractivity contribution in [3.8, 4) is 17.2 Å². The molecule has 0 fully saturated rings. The highest BCUT2D eigenvalue weighted by molar-refractivity contribution is 5.77. The number of aliphatic carboxylic acids is 1. The van der Waals surface area contributed by atoms with E-state index in [4.69, 9.17) is 9.15 Å². The van der Waals surface area contributed by atoms with Gasteiger partial charge in [-0.25, -0.2) is 4.98 Å². The number of aromatic nitrogens is 1. The van der Waals surface area contributed by atoms with Gasteiger partial charge in [-0.3, -0.25) is 9.69 Å². The van der Waals surface area contributed by atoms with Gasteiger partial charge >= 0.3 is 5.97 Å². The average molecular weight is 433 g/mol. The van der Waals surface area contributed by atoms with Crippen molar-refractivity contribution < 1.29 is 19.1 Å². The first-order valence-electron chi connectivity index (χ1n) is 10.9. The number of nitrogens with zero attached hydrogens (tertiary/aromatic N) is 2. The maximum Gasteiger partial charge on any atom is 0.325 e. The molecule has 1 unspecified atom stereocenters. The molecule has 1 N–H and O–H groups in total. The van der Waals surface area contributed by atoms with Gasteiger partial charge in [-0.2, -0.15) is 0 Å². The summed E-state index contributed by atoms with van der Waals surface area (Å²) in [5.74, 6) is 1.22. The van der Waals surface area contributed by atoms with Gasteiger partial charge in [0.05, 0.1) is 12.3 Å². The maximum atomic E-state index is 12.0. The molecule has 32 heavy (non-hydrogen) atoms. The minimum absolute atomic E-state index is 0.429. The van der Waals surface area contributed by atoms with E-state index in [1.807, 2.05) is 66.4 Å². The molecule has 0 saturated heterocycles. The predicted octanol–water partition coefficient (Wildman–Crippen LogP) is 4.83. The van der Waals surface area contributed by atoms with Crippen molar-refractivity contribution in [2.24, 2.45) is 0 Å². The van der Waals surface area contributed by atoms with Gasteiger partial charge in [0.2, 0.25) is 5.89 Å². The minimum atomic E-state index is -0.834. The third kappa shape index (κ3) is 4.75. The molecule has 3 aromatic rings. The molecule has 0 spiro atoms. The fourth-order valence-electron chi connectivity index (χ4n) is 4.15. The van der Waals surface area contributed by atoms with Crippen LogP contribution in [0.5, 0.6) is 5.75 Å². The normalized spacial score (nSPS) is 15.8. The summed E-state index contributed by atoms with van der Waals surface area (Å²) >= 11 is 0. The molecule has 0 aliphatic carbocycles. The third-order valence-electron chi connectivity index (χ3n) is 5.82. The number of carboxylic acid groups (broad SMARTS) is 1. The van der Waals surface area contributed by atoms with Crippen molar-refractivity contribution in [1.82, 2.24) is 9.88 Å². The molecule has 166 valence electrons. The summed E-state index contributed by atoms with van der Waals surface area (Å²) < 4.78 is 11.8. The first kappa shape index (κ1) is 21.8. The van der Waals surface area contributed by atoms with E-state index in [1.165, 1.54) is 0 Å². The van der Waals surface area contributed by atoms with Crippen LogP contribution in [0, 0.1) is 6.92 Å². The van der Waals surface area contributed by atoms with E-state index in [0.717, 1.165) is 47.5 Å². The standard InChI is InChI=1S/C26H28N2O4/c1-3-4-14-28-15-12-19-10-11-21(17-22(19)24(28)26(29)30)31-16-13-23-18(2)32-25(27-23)20-8-6-5-7-9-20/h3,5-11,17,24H,1,4,12-16H2,2H3,(H,29,30). The largest absolute Gasteiger partial charge is 0.493 e. The van der Waals surface area contributed by atoms with E-state index in [-0.39, 0.29) is 0 Å². The number of hydrogen-bond acceptors (Lipinski definition) is 5. The number of benzene rings is 2. The van der Waals surface area contributed by atoms with Gasteiger partial charge in [0.25, 0.3) is 0 Å². The molecule has 1 atom stereocenters. The minimum Gasteiger partial charge on any atom is -0.493 e. The zero-order chi connectivity index (χ0) is 22.5. The van der Waals surface area contributed by atoms with Crippen LogP contribution in [0.1, 0.15) is 35.0 Å². The summed E-state index contributed by atoms with van der Waals surface area (Å²) in [5, 5.41) is 9.87. The molecule has 1 aliphatic heterocycles. The summed E-state index contributed by atoms with van der Waals surface area (Å²) in [6.45, 7) is 7.50. The Hall–Kier alpha value is -3.38. The van der Waals surface area contributed by atoms with Crippen molar-refractivity contribution in [3.63, 3.8) is 0 Å². The first-order chi connectivity index (χ1) is 15.6. The molecule has 4 rings (SSSR count). The Balaban J connectivity index is 1.44. The second kappa shape index (κ2) is 9.83. The van der Waals surface area contributed by atoms with Gasteiger partial charge in [0.15, 0.2) is 0 Å². The fourth-order valence-corrected chi connectivity index (χ4v) is 4.15. The van der Waals surface area contributed by atoms with Crippen LogP contribution in [0.4, 0.5) is 0 Å². The SMILES string of the molecule is C=CCCN1CCc2ccc(OCCc3nc(-c4ccccc4)oc3C)cc2C1C(=O)O. The highest BCUT2D eigenvalue weighted by Crippen LogP contribution is 2.33. The number of hydrogen-bond donors (Lipinski definition) is 1. The summed E-state index contributed by atoms with van der Waals surface area (Å²) in [6, 6.07) is 14.9. The zero-order valence-electron chi connectivity index (χ0n) is 18.3. The number of aryl methyl sites for hydroxylation is 1. The lowest BCUT2D eigenvalue weighted by Gasteiger charge is -2.34. The predicted molar refractivity (Wildman–Crippen MR) is 123 cm³/mol. The molecule has 1 aromatic heterocycles. The van der Waals surface area contributed by atoms with Crippen LogP contribution >= 0.6 is 0 Å². The third-order valence-corrected chi connectivity index (χ3v) is 5.82. The molecule has 6 heteroatoms. The van der Waals surface area contributed by atoms with Crippen molar-refractivity contribution in [3.05, 3.63) is 83.8 Å². The van der Waals surface area contributed by atoms with E-state index < -0.39 is 12.0 Å². The Morgan fingerprint density at radius 1 is 1.31 bits per heavy atom. The number of rotatable bonds is 9. The first-order valence-corrected chi connectivity index (χ1v) is 10.9. The lowest BCUT2D eigenvalue weighted by molar-refractivity contribution is -0.144. The lowest BCUT2D eigenvalue weighted by Crippen LogP contribution is -2.40. The fraction of sp³-hybridized carbons (Fsp3) is 0.308. The molecule has 2 aromatic carbocycles. The van der Waals surface area contributed by atoms with Crippen LogP contribution in [-0.2, 0) is 17.6 Å². The smallest absolute Gasteiger partial charge is 0.325 e. The number of fused-ring (bicyclic) bond motifs is 1. The second-order valence-electron chi connectivity index (χ2n) is 7.95. The van der Waals surface area contributed by atoms with Crippen molar-refractivity contribution in [1.29, 1.82) is 0 Å². The monoisotopic (exact) mass is 432 g/mol. The number of carbonyl (C=O) groups is 1. The Morgan fingerprint density at radius 2 is 2.12 bits per heavy atom. The Morgan fingerprint density at radius 3 is 2.88 bits per heavy atom. The van der Waals surface area contributed by atoms with Crippen LogP contribution in [-0.4, -0.2) is 40.7 Å². The number of carboxylic acids is 1. The summed E-state index contributed by atoms with van der Waals surface area (Å²) in [7, 11) is 0. The second-order valence-corrected chi connectivity index (χ2v) is 7.95. The lowest BCUT2D eigenvalue weighted by atomic mass is 9.92. The molecule has 6 nitrogen and oxygen atoms in total. The van der Waals surface area contributed by atoms with Gasteiger partial charge in [-0.15, -0.1) is 6.58 Å². The molecule has 0 saturated carbocycles. The van der Waals surface area contributed by atoms with Crippen molar-refractivity contribution in [2.75, 3.05) is 19.7 Å². The molecule has 0 radical (unpaired) electrons. The van der Waals surface area contributed by atoms with Crippen molar-refractivity contribution in [2.45, 2.75) is 32.2 Å². The van der Waals surface area contributed by atoms with E-state index >= 15 is 0 Å². The highest BCUT2D eigenvalue weighted by Gasteiger charge is 2.32. The zero-order valence-corrected chi connectivity index (χ0v) is 18.3. The molecular formula is C26H28N2O4. The Kier molecular flexibility index (Phi) is 6.71. The number of oxazole rings is 1. The number of ether oxygens (including phenoxy) is 1. The van der Waals surface area contributed by atoms with E-state index in [2.05, 4.69) is 11.6 Å². The highest BCUT2D eigenvalue weighted by atomic mass is 16.5. The molecule has 2 heterocycles. The van der Waals surface area contributed by atoms with Crippen LogP contribution < -0.4 is 4.74 Å². The van der Waals surface area contributed by atoms with Crippen LogP contribution in [0.3, 0.4) is 0 Å². The average Bonchev–Trinajstić information content (AvgIpc) is 3.18. The summed E-state index contributed by atoms with van der Waals surface area (Å²) in [6.07, 6.45) is 4.02. The Bertz CT molecular complexity index is 1090. The maximum absolute atomic E-state index is 12.0. The van der Waals surface area contributed by atoms with E-state index in [9.17, 15) is 9.90 Å². The molecular weight excluding hydrogens is 404 g/mol. The molecule has 0 amide bonds. The summed E-state index contributed by atoms with van der Waals surface area (Å²) in [5.41, 5.74) is 3.69. The van der Waals surface area contributed by atoms with Crippen LogP contribution in [0.15, 0.2) is 65.6 Å². The van der Waals surface area contributed by atoms with Gasteiger partial charge in [0, 0.05) is 25.1 Å². The van der Waals surface area contributed by atoms with Crippen LogP contribution in [0.2, 0.25) is 0 Å². The van der Waals surface area contributed by atoms with Gasteiger partial charge < -0.3 is 14.3 Å². The molecule has 0 bridgehead atoms. The van der Waals surface area contributed by atoms with Gasteiger partial charge in [-0.1, -0.05) is 30.3 Å². The van der Waals surface area contributed by atoms with E-state index in [0.29, 0.717) is 31.2 Å². The van der Waals surface area contributed by atoms with Gasteiger partial charge in [-0.05, 0) is 55.2 Å². The topological polar surface area (TPSA) is 75.8 Å². The van der Waals surface area contributed by atoms with Gasteiger partial charge in [0.1, 0.15) is 17.6 Å². The Labute approximate surface area is 188 Å². The quantitative estimate of drug-likeness (QED) is 0.488.